The Kier molecular flexibility index (Phi) is 5.87. The Hall–Kier alpha value is -3.23. The fraction of sp³-hybridized carbons (Fsp3) is 0.360. The van der Waals surface area contributed by atoms with E-state index in [1.807, 2.05) is 43.5 Å². The number of rotatable bonds is 3. The summed E-state index contributed by atoms with van der Waals surface area (Å²) in [7, 11) is 1.30. The maximum absolute atomic E-state index is 11.8. The first-order valence-corrected chi connectivity index (χ1v) is 11.7. The molecule has 1 aromatic carbocycles. The molecule has 0 unspecified atom stereocenters. The number of amidine groups is 1. The number of halogens is 1. The summed E-state index contributed by atoms with van der Waals surface area (Å²) in [6.45, 7) is 3.12. The molecule has 9 heteroatoms. The van der Waals surface area contributed by atoms with E-state index in [4.69, 9.17) is 21.3 Å². The number of hydrogen-bond acceptors (Lipinski definition) is 7. The number of aromatic amines is 1. The number of nitrogens with one attached hydrogen (secondary N) is 1. The highest BCUT2D eigenvalue weighted by Gasteiger charge is 2.41. The van der Waals surface area contributed by atoms with Crippen molar-refractivity contribution in [3.63, 3.8) is 0 Å². The number of aliphatic imine (C=N–C) groups is 1. The fourth-order valence-electron chi connectivity index (χ4n) is 4.59. The number of aromatic nitrogens is 3. The number of carbonyl (C=O) groups excluding carboxylic acids is 1. The van der Waals surface area contributed by atoms with Crippen molar-refractivity contribution in [3.05, 3.63) is 52.9 Å². The number of hydrogen-bond donors (Lipinski definition) is 2. The van der Waals surface area contributed by atoms with Crippen LogP contribution in [0.5, 0.6) is 0 Å². The molecule has 0 atom stereocenters. The quantitative estimate of drug-likeness (QED) is 0.548. The van der Waals surface area contributed by atoms with Gasteiger partial charge in [0, 0.05) is 54.8 Å². The number of methoxy groups -OCH3 is 1. The smallest absolute Gasteiger partial charge is 0.337 e. The van der Waals surface area contributed by atoms with E-state index in [2.05, 4.69) is 19.9 Å². The third kappa shape index (κ3) is 4.19. The molecule has 4 heterocycles. The van der Waals surface area contributed by atoms with Crippen LogP contribution in [0.3, 0.4) is 0 Å². The van der Waals surface area contributed by atoms with Crippen molar-refractivity contribution in [2.45, 2.75) is 38.2 Å². The lowest BCUT2D eigenvalue weighted by Gasteiger charge is -2.38. The standard InChI is InChI=1S/C25H26ClN5O3/c1-15-18(23-29-20-6-4-17(26)13-21(20)30-23)5-7-19(28-15)16-3-8-22(27-14-16)31-11-9-25(33,10-12-31)24(32)34-2/h4-7,13-14,33H,3,8-12H2,1-2H3,(H,29,30). The SMILES string of the molecule is COC(=O)C1(O)CCN(C2=NC=C(c3ccc(-c4nc5ccc(Cl)cc5[nH]4)c(C)n3)CC2)CC1. The van der Waals surface area contributed by atoms with Crippen molar-refractivity contribution >= 4 is 40.0 Å². The zero-order valence-corrected chi connectivity index (χ0v) is 19.9. The molecule has 0 saturated carbocycles. The molecule has 0 bridgehead atoms. The van der Waals surface area contributed by atoms with Crippen molar-refractivity contribution in [1.82, 2.24) is 19.9 Å². The molecule has 8 nitrogen and oxygen atoms in total. The highest BCUT2D eigenvalue weighted by Crippen LogP contribution is 2.30. The summed E-state index contributed by atoms with van der Waals surface area (Å²) in [5.41, 5.74) is 4.18. The molecule has 34 heavy (non-hydrogen) atoms. The van der Waals surface area contributed by atoms with Crippen LogP contribution in [-0.2, 0) is 9.53 Å². The molecule has 0 aliphatic carbocycles. The van der Waals surface area contributed by atoms with E-state index in [0.717, 1.165) is 58.1 Å². The number of aliphatic hydroxyl groups is 1. The Bertz CT molecular complexity index is 1320. The van der Waals surface area contributed by atoms with Crippen LogP contribution in [0, 0.1) is 6.92 Å². The molecule has 1 saturated heterocycles. The van der Waals surface area contributed by atoms with Gasteiger partial charge < -0.3 is 19.7 Å². The Morgan fingerprint density at radius 2 is 1.97 bits per heavy atom. The van der Waals surface area contributed by atoms with Gasteiger partial charge in [0.15, 0.2) is 5.60 Å². The summed E-state index contributed by atoms with van der Waals surface area (Å²) >= 11 is 6.09. The molecule has 2 aliphatic heterocycles. The van der Waals surface area contributed by atoms with Crippen LogP contribution in [0.25, 0.3) is 28.0 Å². The van der Waals surface area contributed by atoms with Crippen molar-refractivity contribution in [3.8, 4) is 11.4 Å². The number of esters is 1. The number of ether oxygens (including phenoxy) is 1. The minimum absolute atomic E-state index is 0.339. The summed E-state index contributed by atoms with van der Waals surface area (Å²) < 4.78 is 4.74. The van der Waals surface area contributed by atoms with Gasteiger partial charge in [-0.25, -0.2) is 14.8 Å². The molecule has 2 N–H and O–H groups in total. The van der Waals surface area contributed by atoms with Gasteiger partial charge in [-0.2, -0.15) is 0 Å². The van der Waals surface area contributed by atoms with Crippen LogP contribution in [0.15, 0.2) is 41.5 Å². The minimum atomic E-state index is -1.39. The first-order valence-electron chi connectivity index (χ1n) is 11.3. The van der Waals surface area contributed by atoms with Gasteiger partial charge in [-0.15, -0.1) is 0 Å². The molecular formula is C25H26ClN5O3. The summed E-state index contributed by atoms with van der Waals surface area (Å²) in [5.74, 6) is 1.19. The summed E-state index contributed by atoms with van der Waals surface area (Å²) in [6.07, 6.45) is 4.17. The van der Waals surface area contributed by atoms with Crippen LogP contribution >= 0.6 is 11.6 Å². The lowest BCUT2D eigenvalue weighted by atomic mass is 9.91. The molecule has 1 fully saturated rings. The third-order valence-electron chi connectivity index (χ3n) is 6.62. The van der Waals surface area contributed by atoms with Gasteiger partial charge in [-0.3, -0.25) is 4.98 Å². The van der Waals surface area contributed by atoms with Gasteiger partial charge in [0.25, 0.3) is 0 Å². The Morgan fingerprint density at radius 1 is 1.18 bits per heavy atom. The van der Waals surface area contributed by atoms with E-state index in [0.29, 0.717) is 31.0 Å². The van der Waals surface area contributed by atoms with E-state index in [1.54, 1.807) is 0 Å². The van der Waals surface area contributed by atoms with E-state index in [9.17, 15) is 9.90 Å². The lowest BCUT2D eigenvalue weighted by Crippen LogP contribution is -2.51. The number of benzene rings is 1. The Balaban J connectivity index is 1.31. The maximum atomic E-state index is 11.8. The fourth-order valence-corrected chi connectivity index (χ4v) is 4.76. The van der Waals surface area contributed by atoms with Crippen molar-refractivity contribution in [2.75, 3.05) is 20.2 Å². The Morgan fingerprint density at radius 3 is 2.65 bits per heavy atom. The van der Waals surface area contributed by atoms with Crippen molar-refractivity contribution in [2.24, 2.45) is 4.99 Å². The van der Waals surface area contributed by atoms with E-state index in [-0.39, 0.29) is 0 Å². The number of nitrogens with zero attached hydrogens (tertiary/aromatic N) is 4. The molecule has 0 radical (unpaired) electrons. The number of imidazole rings is 1. The van der Waals surface area contributed by atoms with E-state index >= 15 is 0 Å². The average Bonchev–Trinajstić information content (AvgIpc) is 3.27. The summed E-state index contributed by atoms with van der Waals surface area (Å²) in [6, 6.07) is 9.64. The van der Waals surface area contributed by atoms with Crippen molar-refractivity contribution in [1.29, 1.82) is 0 Å². The molecular weight excluding hydrogens is 454 g/mol. The average molecular weight is 480 g/mol. The van der Waals surface area contributed by atoms with Gasteiger partial charge in [-0.05, 0) is 49.2 Å². The predicted molar refractivity (Wildman–Crippen MR) is 131 cm³/mol. The number of H-pyrrole nitrogens is 1. The number of likely N-dealkylation sites (tertiary alicyclic amines) is 1. The van der Waals surface area contributed by atoms with Crippen LogP contribution in [0.4, 0.5) is 0 Å². The summed E-state index contributed by atoms with van der Waals surface area (Å²) in [4.78, 5) is 31.5. The molecule has 2 aliphatic rings. The normalized spacial score (nSPS) is 17.9. The number of fused-ring (bicyclic) bond motifs is 1. The molecule has 3 aromatic rings. The molecule has 176 valence electrons. The number of aryl methyl sites for hydroxylation is 1. The molecule has 0 spiro atoms. The maximum Gasteiger partial charge on any atom is 0.337 e. The van der Waals surface area contributed by atoms with Gasteiger partial charge in [-0.1, -0.05) is 11.6 Å². The Labute approximate surface area is 202 Å². The lowest BCUT2D eigenvalue weighted by molar-refractivity contribution is -0.166. The second-order valence-corrected chi connectivity index (χ2v) is 9.22. The highest BCUT2D eigenvalue weighted by atomic mass is 35.5. The van der Waals surface area contributed by atoms with Crippen molar-refractivity contribution < 1.29 is 14.6 Å². The van der Waals surface area contributed by atoms with E-state index in [1.165, 1.54) is 7.11 Å². The number of piperidine rings is 1. The molecule has 2 aromatic heterocycles. The van der Waals surface area contributed by atoms with Gasteiger partial charge in [0.05, 0.1) is 23.8 Å². The van der Waals surface area contributed by atoms with Gasteiger partial charge in [0.2, 0.25) is 0 Å². The first kappa shape index (κ1) is 22.6. The monoisotopic (exact) mass is 479 g/mol. The van der Waals surface area contributed by atoms with Gasteiger partial charge >= 0.3 is 5.97 Å². The second-order valence-electron chi connectivity index (χ2n) is 8.79. The number of allylic oxidation sites excluding steroid dienone is 1. The van der Waals surface area contributed by atoms with Crippen LogP contribution < -0.4 is 0 Å². The predicted octanol–water partition coefficient (Wildman–Crippen LogP) is 4.12. The second kappa shape index (κ2) is 8.85. The molecule has 5 rings (SSSR count). The minimum Gasteiger partial charge on any atom is -0.467 e. The largest absolute Gasteiger partial charge is 0.467 e. The highest BCUT2D eigenvalue weighted by molar-refractivity contribution is 6.31. The van der Waals surface area contributed by atoms with Crippen LogP contribution in [0.2, 0.25) is 5.02 Å². The number of carbonyl (C=O) groups is 1. The van der Waals surface area contributed by atoms with Crippen LogP contribution in [0.1, 0.15) is 37.1 Å². The third-order valence-corrected chi connectivity index (χ3v) is 6.86. The zero-order chi connectivity index (χ0) is 23.9. The van der Waals surface area contributed by atoms with Crippen LogP contribution in [-0.4, -0.2) is 62.6 Å². The van der Waals surface area contributed by atoms with Gasteiger partial charge in [0.1, 0.15) is 11.7 Å². The summed E-state index contributed by atoms with van der Waals surface area (Å²) in [5, 5.41) is 11.1. The number of pyridine rings is 1. The zero-order valence-electron chi connectivity index (χ0n) is 19.1. The molecule has 0 amide bonds. The van der Waals surface area contributed by atoms with E-state index < -0.39 is 11.6 Å². The first-order chi connectivity index (χ1) is 16.4. The topological polar surface area (TPSA) is 104 Å².